The number of amides is 1. The molecule has 0 radical (unpaired) electrons. The van der Waals surface area contributed by atoms with E-state index >= 15 is 0 Å². The minimum Gasteiger partial charge on any atom is -0.496 e. The molecule has 1 N–H and O–H groups in total. The van der Waals surface area contributed by atoms with Gasteiger partial charge in [-0.3, -0.25) is 10.1 Å². The first-order valence-corrected chi connectivity index (χ1v) is 9.56. The molecule has 9 nitrogen and oxygen atoms in total. The van der Waals surface area contributed by atoms with Gasteiger partial charge < -0.3 is 18.8 Å². The molecule has 146 valence electrons. The number of aromatic nitrogens is 3. The smallest absolute Gasteiger partial charge is 0.322 e. The lowest BCUT2D eigenvalue weighted by Crippen LogP contribution is -2.23. The van der Waals surface area contributed by atoms with E-state index in [2.05, 4.69) is 25.4 Å². The highest BCUT2D eigenvalue weighted by atomic mass is 32.1. The maximum atomic E-state index is 12.6. The molecule has 1 saturated heterocycles. The number of thiophene rings is 1. The summed E-state index contributed by atoms with van der Waals surface area (Å²) in [5.74, 6) is 1.08. The summed E-state index contributed by atoms with van der Waals surface area (Å²) in [6.07, 6.45) is 2.61. The van der Waals surface area contributed by atoms with E-state index in [9.17, 15) is 4.79 Å². The second-order valence-electron chi connectivity index (χ2n) is 6.18. The Morgan fingerprint density at radius 3 is 3.00 bits per heavy atom. The summed E-state index contributed by atoms with van der Waals surface area (Å²) in [6, 6.07) is 5.51. The maximum absolute atomic E-state index is 12.6. The van der Waals surface area contributed by atoms with Gasteiger partial charge in [-0.15, -0.1) is 16.4 Å². The van der Waals surface area contributed by atoms with Crippen molar-refractivity contribution in [2.24, 2.45) is 0 Å². The van der Waals surface area contributed by atoms with Crippen LogP contribution in [0.1, 0.15) is 16.8 Å². The van der Waals surface area contributed by atoms with Crippen LogP contribution in [0.4, 0.5) is 11.8 Å². The quantitative estimate of drug-likeness (QED) is 0.673. The van der Waals surface area contributed by atoms with E-state index in [1.165, 1.54) is 24.6 Å². The molecule has 0 bridgehead atoms. The molecule has 1 fully saturated rings. The van der Waals surface area contributed by atoms with Gasteiger partial charge >= 0.3 is 6.01 Å². The normalized spacial score (nSPS) is 16.4. The summed E-state index contributed by atoms with van der Waals surface area (Å²) in [6.45, 7) is 1.60. The number of nitrogens with zero attached hydrogens (tertiary/aromatic N) is 4. The fraction of sp³-hybridized carbons (Fsp3) is 0.333. The van der Waals surface area contributed by atoms with E-state index in [0.717, 1.165) is 30.2 Å². The number of anilines is 2. The van der Waals surface area contributed by atoms with E-state index in [4.69, 9.17) is 13.9 Å². The number of hydrogen-bond acceptors (Lipinski definition) is 9. The third-order valence-corrected chi connectivity index (χ3v) is 5.35. The van der Waals surface area contributed by atoms with Crippen LogP contribution in [0.2, 0.25) is 0 Å². The lowest BCUT2D eigenvalue weighted by molar-refractivity contribution is 0.102. The van der Waals surface area contributed by atoms with Crippen LogP contribution in [-0.2, 0) is 4.74 Å². The minimum absolute atomic E-state index is 0.0157. The summed E-state index contributed by atoms with van der Waals surface area (Å²) < 4.78 is 16.3. The average Bonchev–Trinajstić information content (AvgIpc) is 3.48. The molecule has 1 aliphatic rings. The summed E-state index contributed by atoms with van der Waals surface area (Å²) in [4.78, 5) is 20.0. The van der Waals surface area contributed by atoms with Gasteiger partial charge in [0.2, 0.25) is 0 Å². The van der Waals surface area contributed by atoms with Gasteiger partial charge in [-0.25, -0.2) is 4.98 Å². The van der Waals surface area contributed by atoms with Crippen molar-refractivity contribution in [3.05, 3.63) is 35.3 Å². The van der Waals surface area contributed by atoms with Crippen molar-refractivity contribution in [2.45, 2.75) is 12.5 Å². The van der Waals surface area contributed by atoms with Crippen LogP contribution in [0.25, 0.3) is 10.8 Å². The Hall–Kier alpha value is -2.98. The number of carbonyl (C=O) groups is 1. The zero-order valence-electron chi connectivity index (χ0n) is 15.4. The Bertz CT molecular complexity index is 959. The Morgan fingerprint density at radius 1 is 1.39 bits per heavy atom. The largest absolute Gasteiger partial charge is 0.496 e. The monoisotopic (exact) mass is 401 g/mol. The number of methoxy groups -OCH3 is 2. The molecule has 1 atom stereocenters. The highest BCUT2D eigenvalue weighted by Crippen LogP contribution is 2.28. The Balaban J connectivity index is 1.49. The number of carbonyl (C=O) groups excluding carboxylic acids is 1. The standard InChI is InChI=1S/C18H19N5O4S/c1-25-11-5-6-23(10-11)15-8-13(26-2)12(9-19-15)16(24)20-18-22-21-17(27-18)14-4-3-7-28-14/h3-4,7-9,11H,5-6,10H2,1-2H3,(H,20,22,24)/t11-/m0/s1. The van der Waals surface area contributed by atoms with Crippen LogP contribution in [0.15, 0.2) is 34.2 Å². The van der Waals surface area contributed by atoms with Crippen molar-refractivity contribution in [1.82, 2.24) is 15.2 Å². The summed E-state index contributed by atoms with van der Waals surface area (Å²) in [5, 5.41) is 12.3. The molecular weight excluding hydrogens is 382 g/mol. The van der Waals surface area contributed by atoms with Crippen molar-refractivity contribution >= 4 is 29.1 Å². The van der Waals surface area contributed by atoms with Gasteiger partial charge in [-0.1, -0.05) is 11.2 Å². The number of pyridine rings is 1. The van der Waals surface area contributed by atoms with Gasteiger partial charge in [-0.05, 0) is 17.9 Å². The fourth-order valence-electron chi connectivity index (χ4n) is 3.01. The molecule has 1 aliphatic heterocycles. The number of nitrogens with one attached hydrogen (secondary N) is 1. The summed E-state index contributed by atoms with van der Waals surface area (Å²) in [7, 11) is 3.22. The molecular formula is C18H19N5O4S. The molecule has 3 aromatic heterocycles. The van der Waals surface area contributed by atoms with Gasteiger partial charge in [0.15, 0.2) is 0 Å². The van der Waals surface area contributed by atoms with Crippen molar-refractivity contribution in [2.75, 3.05) is 37.5 Å². The highest BCUT2D eigenvalue weighted by molar-refractivity contribution is 7.13. The summed E-state index contributed by atoms with van der Waals surface area (Å²) in [5.41, 5.74) is 0.282. The lowest BCUT2D eigenvalue weighted by atomic mass is 10.2. The van der Waals surface area contributed by atoms with E-state index in [-0.39, 0.29) is 17.7 Å². The van der Waals surface area contributed by atoms with Crippen molar-refractivity contribution < 1.29 is 18.7 Å². The Labute approximate surface area is 165 Å². The SMILES string of the molecule is COc1cc(N2CC[C@H](OC)C2)ncc1C(=O)Nc1nnc(-c2cccs2)o1. The van der Waals surface area contributed by atoms with Crippen LogP contribution in [0, 0.1) is 0 Å². The van der Waals surface area contributed by atoms with Crippen LogP contribution in [0.5, 0.6) is 5.75 Å². The first kappa shape index (κ1) is 18.4. The van der Waals surface area contributed by atoms with Crippen LogP contribution in [-0.4, -0.2) is 54.5 Å². The third kappa shape index (κ3) is 3.69. The second kappa shape index (κ2) is 7.95. The predicted octanol–water partition coefficient (Wildman–Crippen LogP) is 2.68. The van der Waals surface area contributed by atoms with Crippen LogP contribution < -0.4 is 15.0 Å². The molecule has 3 aromatic rings. The number of ether oxygens (including phenoxy) is 2. The first-order valence-electron chi connectivity index (χ1n) is 8.68. The predicted molar refractivity (Wildman–Crippen MR) is 104 cm³/mol. The lowest BCUT2D eigenvalue weighted by Gasteiger charge is -2.18. The van der Waals surface area contributed by atoms with Gasteiger partial charge in [0.05, 0.1) is 18.1 Å². The van der Waals surface area contributed by atoms with Crippen molar-refractivity contribution in [1.29, 1.82) is 0 Å². The Kier molecular flexibility index (Phi) is 5.22. The average molecular weight is 401 g/mol. The molecule has 0 aliphatic carbocycles. The van der Waals surface area contributed by atoms with E-state index < -0.39 is 5.91 Å². The van der Waals surface area contributed by atoms with E-state index in [1.807, 2.05) is 17.5 Å². The Morgan fingerprint density at radius 2 is 2.29 bits per heavy atom. The zero-order valence-corrected chi connectivity index (χ0v) is 16.2. The number of rotatable bonds is 6. The zero-order chi connectivity index (χ0) is 19.5. The van der Waals surface area contributed by atoms with Crippen molar-refractivity contribution in [3.8, 4) is 16.5 Å². The molecule has 0 saturated carbocycles. The first-order chi connectivity index (χ1) is 13.7. The van der Waals surface area contributed by atoms with Crippen molar-refractivity contribution in [3.63, 3.8) is 0 Å². The van der Waals surface area contributed by atoms with Crippen LogP contribution >= 0.6 is 11.3 Å². The molecule has 0 unspecified atom stereocenters. The molecule has 4 rings (SSSR count). The molecule has 4 heterocycles. The summed E-state index contributed by atoms with van der Waals surface area (Å²) >= 11 is 1.47. The second-order valence-corrected chi connectivity index (χ2v) is 7.13. The molecule has 1 amide bonds. The third-order valence-electron chi connectivity index (χ3n) is 4.50. The van der Waals surface area contributed by atoms with E-state index in [0.29, 0.717) is 11.6 Å². The van der Waals surface area contributed by atoms with Gasteiger partial charge in [-0.2, -0.15) is 0 Å². The fourth-order valence-corrected chi connectivity index (χ4v) is 3.65. The maximum Gasteiger partial charge on any atom is 0.322 e. The van der Waals surface area contributed by atoms with Gasteiger partial charge in [0, 0.05) is 32.5 Å². The molecule has 0 aromatic carbocycles. The highest BCUT2D eigenvalue weighted by Gasteiger charge is 2.25. The van der Waals surface area contributed by atoms with E-state index in [1.54, 1.807) is 13.2 Å². The van der Waals surface area contributed by atoms with Crippen LogP contribution in [0.3, 0.4) is 0 Å². The number of hydrogen-bond donors (Lipinski definition) is 1. The molecule has 28 heavy (non-hydrogen) atoms. The molecule has 10 heteroatoms. The van der Waals surface area contributed by atoms with Gasteiger partial charge in [0.25, 0.3) is 11.8 Å². The topological polar surface area (TPSA) is 103 Å². The minimum atomic E-state index is -0.437. The van der Waals surface area contributed by atoms with Gasteiger partial charge in [0.1, 0.15) is 17.1 Å². The molecule has 0 spiro atoms.